The molecule has 0 bridgehead atoms. The predicted octanol–water partition coefficient (Wildman–Crippen LogP) is 2.23. The quantitative estimate of drug-likeness (QED) is 0.746. The maximum absolute atomic E-state index is 12.9. The Bertz CT molecular complexity index is 715. The first kappa shape index (κ1) is 19.0. The number of benzene rings is 1. The maximum atomic E-state index is 12.9. The summed E-state index contributed by atoms with van der Waals surface area (Å²) < 4.78 is 38.1. The van der Waals surface area contributed by atoms with Crippen LogP contribution >= 0.6 is 15.9 Å². The van der Waals surface area contributed by atoms with Crippen molar-refractivity contribution in [3.05, 3.63) is 22.2 Å². The zero-order chi connectivity index (χ0) is 17.9. The lowest BCUT2D eigenvalue weighted by Crippen LogP contribution is -2.50. The number of aryl methyl sites for hydroxylation is 1. The van der Waals surface area contributed by atoms with Crippen LogP contribution in [0.5, 0.6) is 5.75 Å². The van der Waals surface area contributed by atoms with Crippen LogP contribution in [0.2, 0.25) is 0 Å². The lowest BCUT2D eigenvalue weighted by molar-refractivity contribution is 0.0934. The highest BCUT2D eigenvalue weighted by Crippen LogP contribution is 2.32. The van der Waals surface area contributed by atoms with Crippen LogP contribution in [0.4, 0.5) is 4.79 Å². The van der Waals surface area contributed by atoms with E-state index in [1.54, 1.807) is 19.1 Å². The minimum atomic E-state index is -3.71. The van der Waals surface area contributed by atoms with Crippen LogP contribution < -0.4 is 4.74 Å². The molecule has 1 fully saturated rings. The van der Waals surface area contributed by atoms with Gasteiger partial charge in [-0.15, -0.1) is 0 Å². The van der Waals surface area contributed by atoms with Crippen molar-refractivity contribution in [2.75, 3.05) is 39.9 Å². The number of nitrogens with zero attached hydrogens (tertiary/aromatic N) is 2. The van der Waals surface area contributed by atoms with Crippen molar-refractivity contribution in [3.63, 3.8) is 0 Å². The van der Waals surface area contributed by atoms with Gasteiger partial charge >= 0.3 is 6.09 Å². The molecule has 1 aromatic rings. The topological polar surface area (TPSA) is 76.2 Å². The third kappa shape index (κ3) is 3.84. The van der Waals surface area contributed by atoms with Crippen LogP contribution in [0.3, 0.4) is 0 Å². The Kier molecular flexibility index (Phi) is 6.11. The summed E-state index contributed by atoms with van der Waals surface area (Å²) in [6.45, 7) is 4.93. The average molecular weight is 421 g/mol. The summed E-state index contributed by atoms with van der Waals surface area (Å²) in [4.78, 5) is 13.3. The van der Waals surface area contributed by atoms with Crippen molar-refractivity contribution in [1.29, 1.82) is 0 Å². The SMILES string of the molecule is CCOC(=O)N1CCN(S(=O)(=O)c2cc(Br)c(C)cc2OC)CC1. The number of halogens is 1. The molecule has 1 saturated heterocycles. The second-order valence-electron chi connectivity index (χ2n) is 5.34. The predicted molar refractivity (Wildman–Crippen MR) is 92.8 cm³/mol. The molecule has 0 saturated carbocycles. The number of amides is 1. The number of carbonyl (C=O) groups excluding carboxylic acids is 1. The van der Waals surface area contributed by atoms with Crippen molar-refractivity contribution >= 4 is 32.0 Å². The third-order valence-corrected chi connectivity index (χ3v) is 6.60. The molecule has 0 spiro atoms. The number of ether oxygens (including phenoxy) is 2. The van der Waals surface area contributed by atoms with E-state index in [0.717, 1.165) is 5.56 Å². The van der Waals surface area contributed by atoms with E-state index in [9.17, 15) is 13.2 Å². The Hall–Kier alpha value is -1.32. The molecule has 0 aliphatic carbocycles. The number of carbonyl (C=O) groups is 1. The molecule has 1 heterocycles. The van der Waals surface area contributed by atoms with Crippen LogP contribution in [-0.2, 0) is 14.8 Å². The van der Waals surface area contributed by atoms with Crippen molar-refractivity contribution in [1.82, 2.24) is 9.21 Å². The standard InChI is InChI=1S/C15H21BrN2O5S/c1-4-23-15(19)17-5-7-18(8-6-17)24(20,21)14-10-12(16)11(2)9-13(14)22-3/h9-10H,4-8H2,1-3H3. The van der Waals surface area contributed by atoms with Gasteiger partial charge in [0.05, 0.1) is 13.7 Å². The van der Waals surface area contributed by atoms with Crippen molar-refractivity contribution in [3.8, 4) is 5.75 Å². The summed E-state index contributed by atoms with van der Waals surface area (Å²) in [5.41, 5.74) is 0.887. The van der Waals surface area contributed by atoms with E-state index in [2.05, 4.69) is 15.9 Å². The van der Waals surface area contributed by atoms with Gasteiger partial charge in [-0.3, -0.25) is 0 Å². The molecule has 0 radical (unpaired) electrons. The van der Waals surface area contributed by atoms with E-state index in [1.807, 2.05) is 6.92 Å². The molecule has 0 N–H and O–H groups in total. The summed E-state index contributed by atoms with van der Waals surface area (Å²) in [5.74, 6) is 0.309. The molecule has 9 heteroatoms. The van der Waals surface area contributed by atoms with E-state index in [0.29, 0.717) is 29.9 Å². The van der Waals surface area contributed by atoms with E-state index >= 15 is 0 Å². The molecular weight excluding hydrogens is 400 g/mol. The molecule has 1 aliphatic heterocycles. The number of hydrogen-bond acceptors (Lipinski definition) is 5. The Labute approximate surface area is 150 Å². The molecule has 2 rings (SSSR count). The first-order valence-electron chi connectivity index (χ1n) is 7.57. The average Bonchev–Trinajstić information content (AvgIpc) is 2.57. The number of hydrogen-bond donors (Lipinski definition) is 0. The van der Waals surface area contributed by atoms with Crippen molar-refractivity contribution in [2.24, 2.45) is 0 Å². The minimum absolute atomic E-state index is 0.118. The normalized spacial score (nSPS) is 16.1. The lowest BCUT2D eigenvalue weighted by atomic mass is 10.2. The van der Waals surface area contributed by atoms with Crippen LogP contribution in [0, 0.1) is 6.92 Å². The second-order valence-corrected chi connectivity index (χ2v) is 8.10. The molecule has 7 nitrogen and oxygen atoms in total. The largest absolute Gasteiger partial charge is 0.495 e. The Balaban J connectivity index is 2.21. The second kappa shape index (κ2) is 7.71. The van der Waals surface area contributed by atoms with E-state index in [-0.39, 0.29) is 18.0 Å². The van der Waals surface area contributed by atoms with Gasteiger partial charge in [-0.05, 0) is 31.5 Å². The van der Waals surface area contributed by atoms with E-state index in [4.69, 9.17) is 9.47 Å². The number of rotatable bonds is 4. The fourth-order valence-corrected chi connectivity index (χ4v) is 4.54. The molecule has 0 unspecified atom stereocenters. The summed E-state index contributed by atoms with van der Waals surface area (Å²) in [6, 6.07) is 3.24. The molecule has 1 aliphatic rings. The van der Waals surface area contributed by atoms with Crippen LogP contribution in [0.25, 0.3) is 0 Å². The van der Waals surface area contributed by atoms with Crippen molar-refractivity contribution < 1.29 is 22.7 Å². The summed E-state index contributed by atoms with van der Waals surface area (Å²) in [7, 11) is -2.26. The monoisotopic (exact) mass is 420 g/mol. The minimum Gasteiger partial charge on any atom is -0.495 e. The maximum Gasteiger partial charge on any atom is 0.409 e. The van der Waals surface area contributed by atoms with Crippen LogP contribution in [-0.4, -0.2) is 63.6 Å². The van der Waals surface area contributed by atoms with Gasteiger partial charge in [0, 0.05) is 30.7 Å². The molecule has 1 amide bonds. The Morgan fingerprint density at radius 1 is 1.25 bits per heavy atom. The first-order chi connectivity index (χ1) is 11.3. The van der Waals surface area contributed by atoms with Gasteiger partial charge in [0.2, 0.25) is 10.0 Å². The highest BCUT2D eigenvalue weighted by atomic mass is 79.9. The zero-order valence-corrected chi connectivity index (χ0v) is 16.3. The Morgan fingerprint density at radius 2 is 1.88 bits per heavy atom. The molecule has 0 aromatic heterocycles. The Morgan fingerprint density at radius 3 is 2.42 bits per heavy atom. The summed E-state index contributed by atoms with van der Waals surface area (Å²) >= 11 is 3.36. The molecule has 134 valence electrons. The van der Waals surface area contributed by atoms with Crippen molar-refractivity contribution in [2.45, 2.75) is 18.7 Å². The first-order valence-corrected chi connectivity index (χ1v) is 9.80. The number of sulfonamides is 1. The van der Waals surface area contributed by atoms with Crippen LogP contribution in [0.15, 0.2) is 21.5 Å². The van der Waals surface area contributed by atoms with Gasteiger partial charge in [0.25, 0.3) is 0 Å². The summed E-state index contributed by atoms with van der Waals surface area (Å²) in [6.07, 6.45) is -0.412. The fourth-order valence-electron chi connectivity index (χ4n) is 2.46. The zero-order valence-electron chi connectivity index (χ0n) is 13.9. The molecule has 24 heavy (non-hydrogen) atoms. The van der Waals surface area contributed by atoms with Gasteiger partial charge in [-0.25, -0.2) is 13.2 Å². The fraction of sp³-hybridized carbons (Fsp3) is 0.533. The molecule has 1 aromatic carbocycles. The van der Waals surface area contributed by atoms with Gasteiger partial charge in [0.15, 0.2) is 0 Å². The number of methoxy groups -OCH3 is 1. The number of piperazine rings is 1. The highest BCUT2D eigenvalue weighted by molar-refractivity contribution is 9.10. The highest BCUT2D eigenvalue weighted by Gasteiger charge is 2.32. The van der Waals surface area contributed by atoms with Gasteiger partial charge < -0.3 is 14.4 Å². The van der Waals surface area contributed by atoms with Gasteiger partial charge in [-0.1, -0.05) is 15.9 Å². The van der Waals surface area contributed by atoms with E-state index in [1.165, 1.54) is 16.3 Å². The van der Waals surface area contributed by atoms with E-state index < -0.39 is 16.1 Å². The smallest absolute Gasteiger partial charge is 0.409 e. The molecular formula is C15H21BrN2O5S. The molecule has 0 atom stereocenters. The lowest BCUT2D eigenvalue weighted by Gasteiger charge is -2.33. The van der Waals surface area contributed by atoms with Gasteiger partial charge in [-0.2, -0.15) is 4.31 Å². The summed E-state index contributed by atoms with van der Waals surface area (Å²) in [5, 5.41) is 0. The van der Waals surface area contributed by atoms with Gasteiger partial charge in [0.1, 0.15) is 10.6 Å². The third-order valence-electron chi connectivity index (χ3n) is 3.83. The van der Waals surface area contributed by atoms with Crippen LogP contribution in [0.1, 0.15) is 12.5 Å².